The molecule has 0 unspecified atom stereocenters. The van der Waals surface area contributed by atoms with Crippen LogP contribution in [-0.4, -0.2) is 30.1 Å². The fraction of sp³-hybridized carbons (Fsp3) is 0.462. The monoisotopic (exact) mass is 324 g/mol. The third kappa shape index (κ3) is 3.47. The van der Waals surface area contributed by atoms with E-state index in [0.717, 1.165) is 0 Å². The molecule has 1 fully saturated rings. The Morgan fingerprint density at radius 1 is 1.38 bits per heavy atom. The quantitative estimate of drug-likeness (QED) is 0.869. The number of amides is 1. The fourth-order valence-electron chi connectivity index (χ4n) is 2.54. The van der Waals surface area contributed by atoms with Crippen LogP contribution in [0.2, 0.25) is 5.02 Å². The summed E-state index contributed by atoms with van der Waals surface area (Å²) in [5.74, 6) is -4.75. The van der Waals surface area contributed by atoms with Crippen LogP contribution in [0.15, 0.2) is 18.2 Å². The van der Waals surface area contributed by atoms with Gasteiger partial charge in [0.2, 0.25) is 5.91 Å². The highest BCUT2D eigenvalue weighted by Crippen LogP contribution is 2.38. The number of nitrogens with zero attached hydrogens (tertiary/aromatic N) is 1. The summed E-state index contributed by atoms with van der Waals surface area (Å²) in [6, 6.07) is 4.06. The third-order valence-electron chi connectivity index (χ3n) is 3.62. The maximum Gasteiger partial charge on any atom is 0.393 e. The number of likely N-dealkylation sites (tertiary alicyclic amines) is 1. The lowest BCUT2D eigenvalue weighted by Crippen LogP contribution is -2.37. The maximum absolute atomic E-state index is 13.7. The predicted octanol–water partition coefficient (Wildman–Crippen LogP) is 2.57. The van der Waals surface area contributed by atoms with Crippen molar-refractivity contribution in [3.05, 3.63) is 34.6 Å². The van der Waals surface area contributed by atoms with E-state index in [9.17, 15) is 22.4 Å². The summed E-state index contributed by atoms with van der Waals surface area (Å²) in [6.45, 7) is -0.659. The highest BCUT2D eigenvalue weighted by Gasteiger charge is 2.51. The number of halogens is 5. The smallest absolute Gasteiger partial charge is 0.369 e. The zero-order valence-electron chi connectivity index (χ0n) is 10.8. The number of alkyl halides is 3. The predicted molar refractivity (Wildman–Crippen MR) is 68.9 cm³/mol. The van der Waals surface area contributed by atoms with Gasteiger partial charge in [-0.2, -0.15) is 13.2 Å². The normalized spacial score (nSPS) is 23.5. The molecular weight excluding hydrogens is 312 g/mol. The number of nitrogens with two attached hydrogens (primary N) is 1. The van der Waals surface area contributed by atoms with Crippen molar-refractivity contribution in [3.63, 3.8) is 0 Å². The Kier molecular flexibility index (Phi) is 4.43. The van der Waals surface area contributed by atoms with Gasteiger partial charge in [0.25, 0.3) is 0 Å². The molecule has 1 aliphatic heterocycles. The van der Waals surface area contributed by atoms with Gasteiger partial charge in [-0.25, -0.2) is 4.39 Å². The first-order valence-corrected chi connectivity index (χ1v) is 6.59. The van der Waals surface area contributed by atoms with Crippen LogP contribution in [0.1, 0.15) is 5.56 Å². The molecule has 21 heavy (non-hydrogen) atoms. The Balaban J connectivity index is 2.18. The van der Waals surface area contributed by atoms with Crippen LogP contribution >= 0.6 is 11.6 Å². The van der Waals surface area contributed by atoms with E-state index < -0.39 is 36.3 Å². The molecule has 0 radical (unpaired) electrons. The van der Waals surface area contributed by atoms with Crippen molar-refractivity contribution in [1.82, 2.24) is 4.90 Å². The van der Waals surface area contributed by atoms with E-state index in [2.05, 4.69) is 0 Å². The van der Waals surface area contributed by atoms with Crippen LogP contribution in [-0.2, 0) is 11.3 Å². The molecule has 0 saturated carbocycles. The van der Waals surface area contributed by atoms with Crippen LogP contribution in [0.25, 0.3) is 0 Å². The molecule has 0 bridgehead atoms. The number of primary amides is 1. The van der Waals surface area contributed by atoms with Gasteiger partial charge in [0, 0.05) is 30.2 Å². The molecular formula is C13H13ClF4N2O. The van der Waals surface area contributed by atoms with E-state index in [0.29, 0.717) is 0 Å². The lowest BCUT2D eigenvalue weighted by Gasteiger charge is -2.19. The van der Waals surface area contributed by atoms with Gasteiger partial charge in [0.15, 0.2) is 0 Å². The first kappa shape index (κ1) is 16.0. The van der Waals surface area contributed by atoms with Crippen molar-refractivity contribution in [2.24, 2.45) is 17.6 Å². The molecule has 0 spiro atoms. The Hall–Kier alpha value is -1.34. The van der Waals surface area contributed by atoms with Crippen molar-refractivity contribution >= 4 is 17.5 Å². The van der Waals surface area contributed by atoms with Gasteiger partial charge in [-0.3, -0.25) is 9.69 Å². The van der Waals surface area contributed by atoms with Gasteiger partial charge in [-0.05, 0) is 12.1 Å². The Morgan fingerprint density at radius 2 is 2.05 bits per heavy atom. The van der Waals surface area contributed by atoms with E-state index in [4.69, 9.17) is 17.3 Å². The third-order valence-corrected chi connectivity index (χ3v) is 3.98. The summed E-state index contributed by atoms with van der Waals surface area (Å²) >= 11 is 5.85. The van der Waals surface area contributed by atoms with Crippen molar-refractivity contribution in [2.45, 2.75) is 12.7 Å². The van der Waals surface area contributed by atoms with Gasteiger partial charge < -0.3 is 5.73 Å². The minimum absolute atomic E-state index is 0.0954. The molecule has 3 nitrogen and oxygen atoms in total. The molecule has 1 aromatic carbocycles. The van der Waals surface area contributed by atoms with Crippen LogP contribution in [0.5, 0.6) is 0 Å². The van der Waals surface area contributed by atoms with Gasteiger partial charge >= 0.3 is 6.18 Å². The van der Waals surface area contributed by atoms with Crippen LogP contribution in [0.3, 0.4) is 0 Å². The van der Waals surface area contributed by atoms with E-state index in [1.54, 1.807) is 0 Å². The maximum atomic E-state index is 13.7. The van der Waals surface area contributed by atoms with Crippen LogP contribution in [0, 0.1) is 17.7 Å². The van der Waals surface area contributed by atoms with Gasteiger partial charge in [-0.1, -0.05) is 17.7 Å². The number of hydrogen-bond donors (Lipinski definition) is 1. The van der Waals surface area contributed by atoms with Crippen LogP contribution in [0.4, 0.5) is 17.6 Å². The molecule has 0 aromatic heterocycles. The highest BCUT2D eigenvalue weighted by molar-refractivity contribution is 6.31. The standard InChI is InChI=1S/C13H13ClF4N2O/c14-10-2-1-3-11(15)8(10)5-20-4-7(12(19)21)9(6-20)13(16,17)18/h1-3,7,9H,4-6H2,(H2,19,21)/t7-,9-/m1/s1. The molecule has 1 aliphatic rings. The number of hydrogen-bond acceptors (Lipinski definition) is 2. The molecule has 116 valence electrons. The Labute approximate surface area is 123 Å². The number of carbonyl (C=O) groups is 1. The Morgan fingerprint density at radius 3 is 2.52 bits per heavy atom. The molecule has 1 saturated heterocycles. The molecule has 1 heterocycles. The molecule has 2 N–H and O–H groups in total. The minimum Gasteiger partial charge on any atom is -0.369 e. The van der Waals surface area contributed by atoms with Gasteiger partial charge in [0.05, 0.1) is 11.8 Å². The zero-order valence-corrected chi connectivity index (χ0v) is 11.6. The summed E-state index contributed by atoms with van der Waals surface area (Å²) in [5, 5.41) is 0.140. The second-order valence-electron chi connectivity index (χ2n) is 5.05. The average molecular weight is 325 g/mol. The van der Waals surface area contributed by atoms with Crippen LogP contribution < -0.4 is 5.73 Å². The molecule has 2 atom stereocenters. The summed E-state index contributed by atoms with van der Waals surface area (Å²) in [4.78, 5) is 12.5. The van der Waals surface area contributed by atoms with E-state index in [1.807, 2.05) is 0 Å². The topological polar surface area (TPSA) is 46.3 Å². The minimum atomic E-state index is -4.52. The average Bonchev–Trinajstić information content (AvgIpc) is 2.78. The first-order chi connectivity index (χ1) is 9.70. The van der Waals surface area contributed by atoms with Crippen molar-refractivity contribution in [1.29, 1.82) is 0 Å². The van der Waals surface area contributed by atoms with Crippen molar-refractivity contribution in [2.75, 3.05) is 13.1 Å². The van der Waals surface area contributed by atoms with E-state index >= 15 is 0 Å². The van der Waals surface area contributed by atoms with E-state index in [-0.39, 0.29) is 23.7 Å². The molecule has 1 aromatic rings. The Bertz CT molecular complexity index is 529. The fourth-order valence-corrected chi connectivity index (χ4v) is 2.76. The van der Waals surface area contributed by atoms with Gasteiger partial charge in [-0.15, -0.1) is 0 Å². The number of rotatable bonds is 3. The number of carbonyl (C=O) groups excluding carboxylic acids is 1. The largest absolute Gasteiger partial charge is 0.393 e. The molecule has 8 heteroatoms. The zero-order chi connectivity index (χ0) is 15.8. The van der Waals surface area contributed by atoms with E-state index in [1.165, 1.54) is 23.1 Å². The number of benzene rings is 1. The first-order valence-electron chi connectivity index (χ1n) is 6.21. The molecule has 2 rings (SSSR count). The second kappa shape index (κ2) is 5.81. The molecule has 0 aliphatic carbocycles. The summed E-state index contributed by atoms with van der Waals surface area (Å²) in [5.41, 5.74) is 5.15. The molecule has 1 amide bonds. The van der Waals surface area contributed by atoms with Crippen molar-refractivity contribution < 1.29 is 22.4 Å². The van der Waals surface area contributed by atoms with Gasteiger partial charge in [0.1, 0.15) is 5.82 Å². The highest BCUT2D eigenvalue weighted by atomic mass is 35.5. The SMILES string of the molecule is NC(=O)[C@@H]1CN(Cc2c(F)cccc2Cl)C[C@H]1C(F)(F)F. The second-order valence-corrected chi connectivity index (χ2v) is 5.46. The lowest BCUT2D eigenvalue weighted by atomic mass is 9.95. The van der Waals surface area contributed by atoms with Crippen molar-refractivity contribution in [3.8, 4) is 0 Å². The summed E-state index contributed by atoms with van der Waals surface area (Å²) in [7, 11) is 0. The lowest BCUT2D eigenvalue weighted by molar-refractivity contribution is -0.182. The summed E-state index contributed by atoms with van der Waals surface area (Å²) in [6.07, 6.45) is -4.52. The summed E-state index contributed by atoms with van der Waals surface area (Å²) < 4.78 is 52.4.